The second-order valence-electron chi connectivity index (χ2n) is 3.20. The van der Waals surface area contributed by atoms with E-state index in [1.165, 1.54) is 17.3 Å². The van der Waals surface area contributed by atoms with Crippen molar-refractivity contribution in [2.75, 3.05) is 11.0 Å². The Kier molecular flexibility index (Phi) is 7.96. The van der Waals surface area contributed by atoms with Gasteiger partial charge in [0.15, 0.2) is 0 Å². The highest BCUT2D eigenvalue weighted by molar-refractivity contribution is 14.1. The van der Waals surface area contributed by atoms with Crippen LogP contribution in [0.2, 0.25) is 0 Å². The van der Waals surface area contributed by atoms with Crippen LogP contribution < -0.4 is 5.32 Å². The first-order valence-corrected chi connectivity index (χ1v) is 6.04. The molecule has 0 saturated heterocycles. The average molecular weight is 283 g/mol. The second kappa shape index (κ2) is 7.83. The number of rotatable bonds is 6. The Morgan fingerprint density at radius 3 is 2.50 bits per heavy atom. The Hall–Kier alpha value is 0.200. The fourth-order valence-corrected chi connectivity index (χ4v) is 1.35. The van der Waals surface area contributed by atoms with Crippen LogP contribution >= 0.6 is 22.6 Å². The van der Waals surface area contributed by atoms with Gasteiger partial charge in [0.1, 0.15) is 0 Å². The van der Waals surface area contributed by atoms with Gasteiger partial charge in [-0.25, -0.2) is 0 Å². The Bertz CT molecular complexity index is 126. The zero-order valence-electron chi connectivity index (χ0n) is 7.90. The molecule has 0 radical (unpaired) electrons. The van der Waals surface area contributed by atoms with Gasteiger partial charge in [-0.2, -0.15) is 0 Å². The van der Waals surface area contributed by atoms with E-state index in [4.69, 9.17) is 0 Å². The molecule has 3 heteroatoms. The molecule has 0 spiro atoms. The van der Waals surface area contributed by atoms with Crippen LogP contribution in [0.5, 0.6) is 0 Å². The summed E-state index contributed by atoms with van der Waals surface area (Å²) in [6, 6.07) is 0. The Morgan fingerprint density at radius 1 is 1.33 bits per heavy atom. The van der Waals surface area contributed by atoms with E-state index in [-0.39, 0.29) is 11.8 Å². The number of alkyl halides is 1. The van der Waals surface area contributed by atoms with Crippen LogP contribution in [0.1, 0.15) is 33.1 Å². The first-order chi connectivity index (χ1) is 5.68. The van der Waals surface area contributed by atoms with Gasteiger partial charge in [0.25, 0.3) is 0 Å². The number of carbonyl (C=O) groups is 1. The molecule has 0 fully saturated rings. The van der Waals surface area contributed by atoms with Crippen LogP contribution in [0.25, 0.3) is 0 Å². The van der Waals surface area contributed by atoms with Crippen LogP contribution in [-0.4, -0.2) is 16.9 Å². The molecule has 0 aromatic rings. The van der Waals surface area contributed by atoms with Crippen molar-refractivity contribution in [1.82, 2.24) is 5.32 Å². The van der Waals surface area contributed by atoms with Crippen LogP contribution in [0.3, 0.4) is 0 Å². The molecule has 0 bridgehead atoms. The van der Waals surface area contributed by atoms with Gasteiger partial charge in [0.05, 0.1) is 0 Å². The van der Waals surface area contributed by atoms with Gasteiger partial charge in [-0.3, -0.25) is 4.79 Å². The van der Waals surface area contributed by atoms with Crippen molar-refractivity contribution in [3.05, 3.63) is 0 Å². The minimum absolute atomic E-state index is 0.120. The lowest BCUT2D eigenvalue weighted by molar-refractivity contribution is -0.123. The van der Waals surface area contributed by atoms with Crippen molar-refractivity contribution in [1.29, 1.82) is 0 Å². The molecule has 0 aromatic heterocycles. The Morgan fingerprint density at radius 2 is 2.00 bits per heavy atom. The van der Waals surface area contributed by atoms with E-state index in [1.54, 1.807) is 0 Å². The lowest BCUT2D eigenvalue weighted by Crippen LogP contribution is -2.28. The summed E-state index contributed by atoms with van der Waals surface area (Å²) in [5, 5.41) is 2.90. The molecular formula is C9H18INO. The van der Waals surface area contributed by atoms with Gasteiger partial charge in [-0.1, -0.05) is 42.9 Å². The highest BCUT2D eigenvalue weighted by Crippen LogP contribution is 1.98. The monoisotopic (exact) mass is 283 g/mol. The van der Waals surface area contributed by atoms with Crippen molar-refractivity contribution in [3.8, 4) is 0 Å². The molecular weight excluding hydrogens is 265 g/mol. The normalized spacial score (nSPS) is 10.3. The number of hydrogen-bond donors (Lipinski definition) is 1. The highest BCUT2D eigenvalue weighted by Gasteiger charge is 2.04. The summed E-state index contributed by atoms with van der Waals surface area (Å²) in [7, 11) is 0. The topological polar surface area (TPSA) is 29.1 Å². The van der Waals surface area contributed by atoms with E-state index < -0.39 is 0 Å². The second-order valence-corrected chi connectivity index (χ2v) is 4.27. The van der Waals surface area contributed by atoms with Crippen molar-refractivity contribution < 1.29 is 4.79 Å². The summed E-state index contributed by atoms with van der Waals surface area (Å²) in [5.41, 5.74) is 0. The molecule has 12 heavy (non-hydrogen) atoms. The van der Waals surface area contributed by atoms with E-state index in [9.17, 15) is 4.79 Å². The predicted octanol–water partition coefficient (Wildman–Crippen LogP) is 2.36. The SMILES string of the molecule is CC(C)C(=O)NCCCCCI. The largest absolute Gasteiger partial charge is 0.356 e. The first-order valence-electron chi connectivity index (χ1n) is 4.52. The quantitative estimate of drug-likeness (QED) is 0.452. The lowest BCUT2D eigenvalue weighted by Gasteiger charge is -2.06. The molecule has 0 aliphatic heterocycles. The van der Waals surface area contributed by atoms with Gasteiger partial charge in [0, 0.05) is 12.5 Å². The van der Waals surface area contributed by atoms with Crippen LogP contribution in [0, 0.1) is 5.92 Å². The van der Waals surface area contributed by atoms with E-state index >= 15 is 0 Å². The molecule has 0 aliphatic rings. The van der Waals surface area contributed by atoms with Crippen molar-refractivity contribution in [2.45, 2.75) is 33.1 Å². The Balaban J connectivity index is 3.14. The van der Waals surface area contributed by atoms with Crippen LogP contribution in [0.4, 0.5) is 0 Å². The third-order valence-corrected chi connectivity index (χ3v) is 2.40. The zero-order chi connectivity index (χ0) is 9.40. The number of amides is 1. The van der Waals surface area contributed by atoms with E-state index in [2.05, 4.69) is 27.9 Å². The van der Waals surface area contributed by atoms with Crippen molar-refractivity contribution in [2.24, 2.45) is 5.92 Å². The van der Waals surface area contributed by atoms with Crippen molar-refractivity contribution in [3.63, 3.8) is 0 Å². The summed E-state index contributed by atoms with van der Waals surface area (Å²) in [5.74, 6) is 0.291. The highest BCUT2D eigenvalue weighted by atomic mass is 127. The molecule has 0 atom stereocenters. The standard InChI is InChI=1S/C9H18INO/c1-8(2)9(12)11-7-5-3-4-6-10/h8H,3-7H2,1-2H3,(H,11,12). The van der Waals surface area contributed by atoms with Gasteiger partial charge in [-0.15, -0.1) is 0 Å². The predicted molar refractivity (Wildman–Crippen MR) is 60.6 cm³/mol. The number of carbonyl (C=O) groups excluding carboxylic acids is 1. The summed E-state index contributed by atoms with van der Waals surface area (Å²) < 4.78 is 1.22. The number of hydrogen-bond acceptors (Lipinski definition) is 1. The molecule has 1 N–H and O–H groups in total. The molecule has 0 unspecified atom stereocenters. The first kappa shape index (κ1) is 12.2. The third-order valence-electron chi connectivity index (χ3n) is 1.63. The van der Waals surface area contributed by atoms with Crippen LogP contribution in [-0.2, 0) is 4.79 Å². The van der Waals surface area contributed by atoms with Gasteiger partial charge >= 0.3 is 0 Å². The van der Waals surface area contributed by atoms with Gasteiger partial charge in [0.2, 0.25) is 5.91 Å². The summed E-state index contributed by atoms with van der Waals surface area (Å²) in [6.07, 6.45) is 3.60. The number of halogens is 1. The number of nitrogens with one attached hydrogen (secondary N) is 1. The van der Waals surface area contributed by atoms with E-state index in [0.29, 0.717) is 0 Å². The molecule has 72 valence electrons. The van der Waals surface area contributed by atoms with E-state index in [0.717, 1.165) is 13.0 Å². The maximum absolute atomic E-state index is 11.1. The fraction of sp³-hybridized carbons (Fsp3) is 0.889. The molecule has 2 nitrogen and oxygen atoms in total. The van der Waals surface area contributed by atoms with E-state index in [1.807, 2.05) is 13.8 Å². The molecule has 0 rings (SSSR count). The minimum atomic E-state index is 0.120. The zero-order valence-corrected chi connectivity index (χ0v) is 10.1. The smallest absolute Gasteiger partial charge is 0.222 e. The third kappa shape index (κ3) is 6.88. The van der Waals surface area contributed by atoms with Crippen LogP contribution in [0.15, 0.2) is 0 Å². The van der Waals surface area contributed by atoms with Gasteiger partial charge in [-0.05, 0) is 17.3 Å². The molecule has 0 aliphatic carbocycles. The molecule has 0 heterocycles. The molecule has 0 saturated carbocycles. The fourth-order valence-electron chi connectivity index (χ4n) is 0.812. The average Bonchev–Trinajstić information content (AvgIpc) is 2.03. The maximum atomic E-state index is 11.1. The molecule has 0 aromatic carbocycles. The molecule has 1 amide bonds. The minimum Gasteiger partial charge on any atom is -0.356 e. The maximum Gasteiger partial charge on any atom is 0.222 e. The summed E-state index contributed by atoms with van der Waals surface area (Å²) >= 11 is 2.38. The number of unbranched alkanes of at least 4 members (excludes halogenated alkanes) is 2. The Labute approximate surface area is 88.6 Å². The van der Waals surface area contributed by atoms with Gasteiger partial charge < -0.3 is 5.32 Å². The van der Waals surface area contributed by atoms with Crippen molar-refractivity contribution >= 4 is 28.5 Å². The summed E-state index contributed by atoms with van der Waals surface area (Å²) in [6.45, 7) is 4.67. The lowest BCUT2D eigenvalue weighted by atomic mass is 10.2. The summed E-state index contributed by atoms with van der Waals surface area (Å²) in [4.78, 5) is 11.1.